The standard InChI is InChI=1S/C17H19N3O2/c1-4-8-20(9-5-2)12-14(11-18)17(22)19-16-7-6-15(21)10-13(16)3/h4-7,10,12,21H,1-2,8-9H2,3H3,(H,19,22)/b14-12-. The highest BCUT2D eigenvalue weighted by atomic mass is 16.3. The minimum atomic E-state index is -0.505. The van der Waals surface area contributed by atoms with Crippen LogP contribution in [-0.4, -0.2) is 29.0 Å². The highest BCUT2D eigenvalue weighted by Crippen LogP contribution is 2.20. The molecule has 0 unspecified atom stereocenters. The molecule has 0 heterocycles. The van der Waals surface area contributed by atoms with Crippen LogP contribution in [0.5, 0.6) is 5.75 Å². The van der Waals surface area contributed by atoms with Crippen molar-refractivity contribution in [3.8, 4) is 11.8 Å². The molecule has 0 aliphatic rings. The van der Waals surface area contributed by atoms with Gasteiger partial charge in [-0.25, -0.2) is 0 Å². The van der Waals surface area contributed by atoms with E-state index in [4.69, 9.17) is 0 Å². The summed E-state index contributed by atoms with van der Waals surface area (Å²) in [7, 11) is 0. The minimum absolute atomic E-state index is 0.0174. The van der Waals surface area contributed by atoms with Crippen LogP contribution in [0.25, 0.3) is 0 Å². The molecular formula is C17H19N3O2. The van der Waals surface area contributed by atoms with E-state index in [0.717, 1.165) is 0 Å². The van der Waals surface area contributed by atoms with Crippen molar-refractivity contribution >= 4 is 11.6 Å². The molecule has 2 N–H and O–H groups in total. The van der Waals surface area contributed by atoms with Crippen LogP contribution in [0.3, 0.4) is 0 Å². The molecule has 1 aromatic carbocycles. The van der Waals surface area contributed by atoms with Gasteiger partial charge in [-0.05, 0) is 30.7 Å². The average molecular weight is 297 g/mol. The molecule has 0 radical (unpaired) electrons. The van der Waals surface area contributed by atoms with Gasteiger partial charge in [0.25, 0.3) is 5.91 Å². The summed E-state index contributed by atoms with van der Waals surface area (Å²) in [6.45, 7) is 10.0. The first-order valence-electron chi connectivity index (χ1n) is 6.70. The summed E-state index contributed by atoms with van der Waals surface area (Å²) in [5, 5.41) is 21.2. The summed E-state index contributed by atoms with van der Waals surface area (Å²) >= 11 is 0. The predicted molar refractivity (Wildman–Crippen MR) is 87.1 cm³/mol. The number of nitrogens with one attached hydrogen (secondary N) is 1. The molecule has 0 aliphatic carbocycles. The number of hydrogen-bond acceptors (Lipinski definition) is 4. The molecule has 1 aromatic rings. The largest absolute Gasteiger partial charge is 0.508 e. The Morgan fingerprint density at radius 2 is 2.05 bits per heavy atom. The zero-order valence-electron chi connectivity index (χ0n) is 12.5. The van der Waals surface area contributed by atoms with Gasteiger partial charge in [0.1, 0.15) is 17.4 Å². The van der Waals surface area contributed by atoms with Crippen molar-refractivity contribution in [2.24, 2.45) is 0 Å². The molecule has 22 heavy (non-hydrogen) atoms. The van der Waals surface area contributed by atoms with Crippen LogP contribution in [0, 0.1) is 18.3 Å². The Kier molecular flexibility index (Phi) is 6.45. The molecule has 0 spiro atoms. The molecule has 0 saturated heterocycles. The van der Waals surface area contributed by atoms with Gasteiger partial charge in [-0.3, -0.25) is 4.79 Å². The van der Waals surface area contributed by atoms with Gasteiger partial charge in [-0.1, -0.05) is 12.2 Å². The van der Waals surface area contributed by atoms with Crippen molar-refractivity contribution in [1.82, 2.24) is 4.90 Å². The number of aryl methyl sites for hydroxylation is 1. The van der Waals surface area contributed by atoms with E-state index >= 15 is 0 Å². The van der Waals surface area contributed by atoms with Gasteiger partial charge in [0.15, 0.2) is 0 Å². The summed E-state index contributed by atoms with van der Waals surface area (Å²) in [5.41, 5.74) is 1.23. The number of nitrogens with zero attached hydrogens (tertiary/aromatic N) is 2. The molecule has 5 heteroatoms. The lowest BCUT2D eigenvalue weighted by atomic mass is 10.1. The predicted octanol–water partition coefficient (Wildman–Crippen LogP) is 2.72. The Hall–Kier alpha value is -3.00. The summed E-state index contributed by atoms with van der Waals surface area (Å²) < 4.78 is 0. The van der Waals surface area contributed by atoms with Crippen LogP contribution < -0.4 is 5.32 Å². The van der Waals surface area contributed by atoms with E-state index in [1.54, 1.807) is 30.0 Å². The van der Waals surface area contributed by atoms with Crippen molar-refractivity contribution in [3.63, 3.8) is 0 Å². The van der Waals surface area contributed by atoms with Crippen molar-refractivity contribution < 1.29 is 9.90 Å². The third-order valence-electron chi connectivity index (χ3n) is 2.86. The Morgan fingerprint density at radius 1 is 1.41 bits per heavy atom. The van der Waals surface area contributed by atoms with Gasteiger partial charge < -0.3 is 15.3 Å². The molecule has 0 aromatic heterocycles. The van der Waals surface area contributed by atoms with Crippen molar-refractivity contribution in [3.05, 3.63) is 60.8 Å². The number of carbonyl (C=O) groups excluding carboxylic acids is 1. The first kappa shape index (κ1) is 17.1. The zero-order chi connectivity index (χ0) is 16.5. The number of hydrogen-bond donors (Lipinski definition) is 2. The zero-order valence-corrected chi connectivity index (χ0v) is 12.5. The van der Waals surface area contributed by atoms with Crippen LogP contribution in [0.2, 0.25) is 0 Å². The molecule has 1 rings (SSSR count). The molecule has 0 fully saturated rings. The smallest absolute Gasteiger partial charge is 0.267 e. The van der Waals surface area contributed by atoms with Gasteiger partial charge in [-0.2, -0.15) is 5.26 Å². The highest BCUT2D eigenvalue weighted by molar-refractivity contribution is 6.06. The van der Waals surface area contributed by atoms with Crippen LogP contribution >= 0.6 is 0 Å². The Bertz CT molecular complexity index is 632. The van der Waals surface area contributed by atoms with Gasteiger partial charge >= 0.3 is 0 Å². The number of phenolic OH excluding ortho intramolecular Hbond substituents is 1. The summed E-state index contributed by atoms with van der Waals surface area (Å²) in [6.07, 6.45) is 4.84. The molecule has 5 nitrogen and oxygen atoms in total. The molecule has 1 amide bonds. The second-order valence-corrected chi connectivity index (χ2v) is 4.64. The van der Waals surface area contributed by atoms with Gasteiger partial charge in [0.2, 0.25) is 0 Å². The number of rotatable bonds is 7. The summed E-state index contributed by atoms with van der Waals surface area (Å²) in [5.74, 6) is -0.385. The lowest BCUT2D eigenvalue weighted by Crippen LogP contribution is -2.21. The molecule has 0 bridgehead atoms. The number of anilines is 1. The third-order valence-corrected chi connectivity index (χ3v) is 2.86. The second-order valence-electron chi connectivity index (χ2n) is 4.64. The van der Waals surface area contributed by atoms with Crippen LogP contribution in [0.1, 0.15) is 5.56 Å². The lowest BCUT2D eigenvalue weighted by molar-refractivity contribution is -0.112. The SMILES string of the molecule is C=CCN(/C=C(/C#N)C(=O)Nc1ccc(O)cc1C)CC=C. The van der Waals surface area contributed by atoms with E-state index in [9.17, 15) is 15.2 Å². The maximum Gasteiger partial charge on any atom is 0.267 e. The summed E-state index contributed by atoms with van der Waals surface area (Å²) in [4.78, 5) is 13.9. The maximum atomic E-state index is 12.2. The van der Waals surface area contributed by atoms with Crippen molar-refractivity contribution in [1.29, 1.82) is 5.26 Å². The minimum Gasteiger partial charge on any atom is -0.508 e. The van der Waals surface area contributed by atoms with Gasteiger partial charge in [0, 0.05) is 25.0 Å². The third kappa shape index (κ3) is 4.84. The highest BCUT2D eigenvalue weighted by Gasteiger charge is 2.12. The normalized spacial score (nSPS) is 10.5. The molecule has 0 saturated carbocycles. The quantitative estimate of drug-likeness (QED) is 0.351. The van der Waals surface area contributed by atoms with Crippen molar-refractivity contribution in [2.45, 2.75) is 6.92 Å². The topological polar surface area (TPSA) is 76.4 Å². The fraction of sp³-hybridized carbons (Fsp3) is 0.176. The summed E-state index contributed by atoms with van der Waals surface area (Å²) in [6, 6.07) is 6.48. The molecule has 0 atom stereocenters. The Balaban J connectivity index is 2.94. The van der Waals surface area contributed by atoms with E-state index in [1.165, 1.54) is 18.3 Å². The Morgan fingerprint density at radius 3 is 2.55 bits per heavy atom. The lowest BCUT2D eigenvalue weighted by Gasteiger charge is -2.16. The van der Waals surface area contributed by atoms with E-state index < -0.39 is 5.91 Å². The number of phenols is 1. The molecular weight excluding hydrogens is 278 g/mol. The average Bonchev–Trinajstić information content (AvgIpc) is 2.47. The van der Waals surface area contributed by atoms with Crippen molar-refractivity contribution in [2.75, 3.05) is 18.4 Å². The number of benzene rings is 1. The van der Waals surface area contributed by atoms with E-state index in [-0.39, 0.29) is 11.3 Å². The maximum absolute atomic E-state index is 12.2. The van der Waals surface area contributed by atoms with Gasteiger partial charge in [-0.15, -0.1) is 13.2 Å². The van der Waals surface area contributed by atoms with Crippen LogP contribution in [-0.2, 0) is 4.79 Å². The number of nitriles is 1. The first-order valence-corrected chi connectivity index (χ1v) is 6.70. The van der Waals surface area contributed by atoms with E-state index in [1.807, 2.05) is 6.07 Å². The molecule has 0 aliphatic heterocycles. The van der Waals surface area contributed by atoms with Crippen LogP contribution in [0.4, 0.5) is 5.69 Å². The number of amides is 1. The number of carbonyl (C=O) groups is 1. The van der Waals surface area contributed by atoms with Crippen LogP contribution in [0.15, 0.2) is 55.3 Å². The second kappa shape index (κ2) is 8.32. The Labute approximate surface area is 130 Å². The first-order chi connectivity index (χ1) is 10.5. The van der Waals surface area contributed by atoms with E-state index in [2.05, 4.69) is 18.5 Å². The monoisotopic (exact) mass is 297 g/mol. The molecule has 114 valence electrons. The van der Waals surface area contributed by atoms with Gasteiger partial charge in [0.05, 0.1) is 0 Å². The number of aromatic hydroxyl groups is 1. The van der Waals surface area contributed by atoms with E-state index in [0.29, 0.717) is 24.3 Å². The fourth-order valence-corrected chi connectivity index (χ4v) is 1.81. The fourth-order valence-electron chi connectivity index (χ4n) is 1.81.